The molecule has 0 radical (unpaired) electrons. The third-order valence-electron chi connectivity index (χ3n) is 6.21. The number of hydrogen-bond donors (Lipinski definition) is 0. The first-order valence-corrected chi connectivity index (χ1v) is 10.1. The molecule has 148 valence electrons. The van der Waals surface area contributed by atoms with Crippen LogP contribution < -0.4 is 0 Å². The van der Waals surface area contributed by atoms with Crippen LogP contribution in [0, 0.1) is 18.8 Å². The lowest BCUT2D eigenvalue weighted by Gasteiger charge is -2.34. The van der Waals surface area contributed by atoms with Crippen LogP contribution >= 0.6 is 0 Å². The SMILES string of the molecule is CC(=O)N1CCC(C2CCN(C(=O)c3ncoc3-c3cccc(C)c3)C2)CC1. The van der Waals surface area contributed by atoms with Crippen molar-refractivity contribution in [3.05, 3.63) is 41.9 Å². The fraction of sp³-hybridized carbons (Fsp3) is 0.500. The van der Waals surface area contributed by atoms with Crippen LogP contribution in [0.1, 0.15) is 42.2 Å². The first-order chi connectivity index (χ1) is 13.5. The van der Waals surface area contributed by atoms with Crippen LogP contribution in [0.15, 0.2) is 35.1 Å². The minimum atomic E-state index is -0.0473. The molecule has 0 saturated carbocycles. The van der Waals surface area contributed by atoms with E-state index < -0.39 is 0 Å². The average Bonchev–Trinajstić information content (AvgIpc) is 3.37. The lowest BCUT2D eigenvalue weighted by molar-refractivity contribution is -0.130. The van der Waals surface area contributed by atoms with Crippen LogP contribution in [-0.4, -0.2) is 52.8 Å². The van der Waals surface area contributed by atoms with E-state index in [2.05, 4.69) is 4.98 Å². The zero-order valence-electron chi connectivity index (χ0n) is 16.6. The number of piperidine rings is 1. The number of oxazole rings is 1. The molecule has 2 fully saturated rings. The van der Waals surface area contributed by atoms with Crippen LogP contribution in [0.2, 0.25) is 0 Å². The van der Waals surface area contributed by atoms with Crippen molar-refractivity contribution >= 4 is 11.8 Å². The van der Waals surface area contributed by atoms with Gasteiger partial charge in [-0.3, -0.25) is 9.59 Å². The summed E-state index contributed by atoms with van der Waals surface area (Å²) in [5, 5.41) is 0. The number of rotatable bonds is 3. The Hall–Kier alpha value is -2.63. The molecule has 28 heavy (non-hydrogen) atoms. The van der Waals surface area contributed by atoms with Gasteiger partial charge in [0.2, 0.25) is 5.91 Å². The molecule has 6 nitrogen and oxygen atoms in total. The van der Waals surface area contributed by atoms with E-state index in [9.17, 15) is 9.59 Å². The number of hydrogen-bond acceptors (Lipinski definition) is 4. The second kappa shape index (κ2) is 7.78. The quantitative estimate of drug-likeness (QED) is 0.818. The molecular weight excluding hydrogens is 354 g/mol. The predicted octanol–water partition coefficient (Wildman–Crippen LogP) is 3.37. The molecule has 1 atom stereocenters. The monoisotopic (exact) mass is 381 g/mol. The highest BCUT2D eigenvalue weighted by atomic mass is 16.3. The highest BCUT2D eigenvalue weighted by Gasteiger charge is 2.35. The summed E-state index contributed by atoms with van der Waals surface area (Å²) in [4.78, 5) is 32.7. The van der Waals surface area contributed by atoms with Gasteiger partial charge >= 0.3 is 0 Å². The minimum Gasteiger partial charge on any atom is -0.443 e. The molecule has 0 N–H and O–H groups in total. The maximum Gasteiger partial charge on any atom is 0.276 e. The van der Waals surface area contributed by atoms with Gasteiger partial charge in [-0.2, -0.15) is 0 Å². The first-order valence-electron chi connectivity index (χ1n) is 10.1. The Bertz CT molecular complexity index is 867. The summed E-state index contributed by atoms with van der Waals surface area (Å²) in [5.41, 5.74) is 2.40. The predicted molar refractivity (Wildman–Crippen MR) is 106 cm³/mol. The summed E-state index contributed by atoms with van der Waals surface area (Å²) < 4.78 is 5.57. The van der Waals surface area contributed by atoms with Crippen molar-refractivity contribution in [2.24, 2.45) is 11.8 Å². The van der Waals surface area contributed by atoms with Gasteiger partial charge in [-0.25, -0.2) is 4.98 Å². The number of carbonyl (C=O) groups excluding carboxylic acids is 2. The van der Waals surface area contributed by atoms with Crippen molar-refractivity contribution in [3.63, 3.8) is 0 Å². The Morgan fingerprint density at radius 3 is 2.50 bits per heavy atom. The van der Waals surface area contributed by atoms with Gasteiger partial charge in [0, 0.05) is 38.7 Å². The normalized spacial score (nSPS) is 20.6. The summed E-state index contributed by atoms with van der Waals surface area (Å²) in [6.07, 6.45) is 4.44. The summed E-state index contributed by atoms with van der Waals surface area (Å²) in [6.45, 7) is 6.86. The molecule has 0 bridgehead atoms. The Kier molecular flexibility index (Phi) is 5.20. The summed E-state index contributed by atoms with van der Waals surface area (Å²) >= 11 is 0. The first kappa shape index (κ1) is 18.7. The zero-order valence-corrected chi connectivity index (χ0v) is 16.6. The van der Waals surface area contributed by atoms with Crippen LogP contribution in [0.25, 0.3) is 11.3 Å². The molecule has 0 aliphatic carbocycles. The van der Waals surface area contributed by atoms with Crippen LogP contribution in [0.3, 0.4) is 0 Å². The van der Waals surface area contributed by atoms with Crippen molar-refractivity contribution in [2.75, 3.05) is 26.2 Å². The van der Waals surface area contributed by atoms with Crippen molar-refractivity contribution in [1.29, 1.82) is 0 Å². The van der Waals surface area contributed by atoms with Gasteiger partial charge in [0.1, 0.15) is 0 Å². The van der Waals surface area contributed by atoms with E-state index in [4.69, 9.17) is 4.42 Å². The van der Waals surface area contributed by atoms with Gasteiger partial charge in [-0.15, -0.1) is 0 Å². The molecule has 1 unspecified atom stereocenters. The fourth-order valence-electron chi connectivity index (χ4n) is 4.58. The zero-order chi connectivity index (χ0) is 19.7. The summed E-state index contributed by atoms with van der Waals surface area (Å²) in [6, 6.07) is 7.93. The Morgan fingerprint density at radius 1 is 1.07 bits per heavy atom. The molecule has 2 aromatic rings. The summed E-state index contributed by atoms with van der Waals surface area (Å²) in [5.74, 6) is 1.76. The van der Waals surface area contributed by atoms with Crippen molar-refractivity contribution in [2.45, 2.75) is 33.1 Å². The van der Waals surface area contributed by atoms with Crippen molar-refractivity contribution in [1.82, 2.24) is 14.8 Å². The molecule has 4 rings (SSSR count). The highest BCUT2D eigenvalue weighted by Crippen LogP contribution is 2.33. The van der Waals surface area contributed by atoms with E-state index >= 15 is 0 Å². The summed E-state index contributed by atoms with van der Waals surface area (Å²) in [7, 11) is 0. The standard InChI is InChI=1S/C22H27N3O3/c1-15-4-3-5-18(12-15)21-20(23-14-28-21)22(27)25-11-8-19(13-25)17-6-9-24(10-7-17)16(2)26/h3-5,12,14,17,19H,6-11,13H2,1-2H3. The van der Waals surface area contributed by atoms with E-state index in [-0.39, 0.29) is 11.8 Å². The Morgan fingerprint density at radius 2 is 1.79 bits per heavy atom. The lowest BCUT2D eigenvalue weighted by atomic mass is 9.84. The number of carbonyl (C=O) groups is 2. The molecular formula is C22H27N3O3. The molecule has 1 aromatic carbocycles. The van der Waals surface area contributed by atoms with Crippen molar-refractivity contribution < 1.29 is 14.0 Å². The van der Waals surface area contributed by atoms with Crippen LogP contribution in [0.5, 0.6) is 0 Å². The molecule has 2 aliphatic heterocycles. The molecule has 1 aromatic heterocycles. The van der Waals surface area contributed by atoms with Gasteiger partial charge in [0.15, 0.2) is 17.8 Å². The van der Waals surface area contributed by atoms with Gasteiger partial charge in [-0.05, 0) is 44.1 Å². The largest absolute Gasteiger partial charge is 0.443 e. The second-order valence-corrected chi connectivity index (χ2v) is 8.04. The maximum atomic E-state index is 13.1. The van der Waals surface area contributed by atoms with Gasteiger partial charge in [0.25, 0.3) is 5.91 Å². The minimum absolute atomic E-state index is 0.0473. The third kappa shape index (κ3) is 3.68. The topological polar surface area (TPSA) is 66.7 Å². The third-order valence-corrected chi connectivity index (χ3v) is 6.21. The number of benzene rings is 1. The van der Waals surface area contributed by atoms with E-state index in [1.54, 1.807) is 6.92 Å². The number of likely N-dealkylation sites (tertiary alicyclic amines) is 2. The molecule has 2 aliphatic rings. The Labute approximate surface area is 165 Å². The molecule has 2 saturated heterocycles. The number of nitrogens with zero attached hydrogens (tertiary/aromatic N) is 3. The molecule has 3 heterocycles. The average molecular weight is 381 g/mol. The maximum absolute atomic E-state index is 13.1. The van der Waals surface area contributed by atoms with Crippen molar-refractivity contribution in [3.8, 4) is 11.3 Å². The van der Waals surface area contributed by atoms with E-state index in [1.165, 1.54) is 6.39 Å². The lowest BCUT2D eigenvalue weighted by Crippen LogP contribution is -2.39. The van der Waals surface area contributed by atoms with Crippen LogP contribution in [-0.2, 0) is 4.79 Å². The molecule has 6 heteroatoms. The van der Waals surface area contributed by atoms with Gasteiger partial charge in [-0.1, -0.05) is 23.8 Å². The number of aryl methyl sites for hydroxylation is 1. The highest BCUT2D eigenvalue weighted by molar-refractivity contribution is 5.97. The Balaban J connectivity index is 1.42. The molecule has 2 amide bonds. The fourth-order valence-corrected chi connectivity index (χ4v) is 4.58. The smallest absolute Gasteiger partial charge is 0.276 e. The van der Waals surface area contributed by atoms with Gasteiger partial charge in [0.05, 0.1) is 0 Å². The van der Waals surface area contributed by atoms with E-state index in [1.807, 2.05) is 41.0 Å². The van der Waals surface area contributed by atoms with E-state index in [0.29, 0.717) is 23.3 Å². The van der Waals surface area contributed by atoms with E-state index in [0.717, 1.165) is 56.6 Å². The van der Waals surface area contributed by atoms with Gasteiger partial charge < -0.3 is 14.2 Å². The number of amides is 2. The second-order valence-electron chi connectivity index (χ2n) is 8.04. The van der Waals surface area contributed by atoms with Crippen LogP contribution in [0.4, 0.5) is 0 Å². The number of aromatic nitrogens is 1. The molecule has 0 spiro atoms.